The number of hydrogen-bond donors (Lipinski definition) is 2. The summed E-state index contributed by atoms with van der Waals surface area (Å²) in [5.74, 6) is 0.837. The van der Waals surface area contributed by atoms with Gasteiger partial charge in [0.1, 0.15) is 0 Å². The molecular weight excluding hydrogens is 299 g/mol. The van der Waals surface area contributed by atoms with E-state index < -0.39 is 0 Å². The Bertz CT molecular complexity index is 347. The molecule has 15 heavy (non-hydrogen) atoms. The first-order chi connectivity index (χ1) is 7.16. The first-order valence-electron chi connectivity index (χ1n) is 5.48. The van der Waals surface area contributed by atoms with Crippen molar-refractivity contribution in [3.63, 3.8) is 0 Å². The first-order valence-corrected chi connectivity index (χ1v) is 6.56. The van der Waals surface area contributed by atoms with Crippen LogP contribution in [-0.4, -0.2) is 6.04 Å². The van der Waals surface area contributed by atoms with Gasteiger partial charge in [-0.2, -0.15) is 0 Å². The highest BCUT2D eigenvalue weighted by atomic mass is 127. The van der Waals surface area contributed by atoms with Crippen molar-refractivity contribution in [1.29, 1.82) is 0 Å². The summed E-state index contributed by atoms with van der Waals surface area (Å²) in [5.41, 5.74) is 7.90. The van der Waals surface area contributed by atoms with Crippen LogP contribution in [0.25, 0.3) is 0 Å². The monoisotopic (exact) mass is 316 g/mol. The Morgan fingerprint density at radius 3 is 2.73 bits per heavy atom. The molecule has 0 aliphatic heterocycles. The van der Waals surface area contributed by atoms with Crippen LogP contribution in [0.2, 0.25) is 0 Å². The molecule has 2 rings (SSSR count). The van der Waals surface area contributed by atoms with Crippen LogP contribution in [-0.2, 0) is 0 Å². The van der Waals surface area contributed by atoms with E-state index in [1.54, 1.807) is 0 Å². The zero-order chi connectivity index (χ0) is 10.8. The van der Waals surface area contributed by atoms with E-state index >= 15 is 0 Å². The molecule has 0 radical (unpaired) electrons. The van der Waals surface area contributed by atoms with Crippen LogP contribution in [0, 0.1) is 9.49 Å². The van der Waals surface area contributed by atoms with Gasteiger partial charge in [-0.1, -0.05) is 6.42 Å². The van der Waals surface area contributed by atoms with Gasteiger partial charge in [0.2, 0.25) is 0 Å². The number of nitrogen functional groups attached to an aromatic ring is 1. The number of anilines is 2. The summed E-state index contributed by atoms with van der Waals surface area (Å²) in [5, 5.41) is 3.51. The third-order valence-corrected chi connectivity index (χ3v) is 3.92. The van der Waals surface area contributed by atoms with E-state index in [0.29, 0.717) is 6.04 Å². The third kappa shape index (κ3) is 2.56. The number of benzene rings is 1. The van der Waals surface area contributed by atoms with Crippen LogP contribution in [0.4, 0.5) is 11.4 Å². The fraction of sp³-hybridized carbons (Fsp3) is 0.500. The Hall–Kier alpha value is -0.450. The standard InChI is InChI=1S/C12H17IN2/c1-8(9-3-2-4-9)15-12-6-5-10(13)7-11(12)14/h5-9,15H,2-4,14H2,1H3. The van der Waals surface area contributed by atoms with Gasteiger partial charge in [-0.15, -0.1) is 0 Å². The minimum atomic E-state index is 0.543. The summed E-state index contributed by atoms with van der Waals surface area (Å²) in [6.07, 6.45) is 4.11. The molecule has 1 aliphatic rings. The molecule has 0 spiro atoms. The second-order valence-electron chi connectivity index (χ2n) is 4.36. The molecule has 1 aliphatic carbocycles. The number of rotatable bonds is 3. The van der Waals surface area contributed by atoms with Crippen molar-refractivity contribution in [3.8, 4) is 0 Å². The summed E-state index contributed by atoms with van der Waals surface area (Å²) in [4.78, 5) is 0. The van der Waals surface area contributed by atoms with Gasteiger partial charge in [0.15, 0.2) is 0 Å². The molecule has 0 heterocycles. The van der Waals surface area contributed by atoms with E-state index in [2.05, 4.69) is 47.0 Å². The average molecular weight is 316 g/mol. The van der Waals surface area contributed by atoms with Gasteiger partial charge < -0.3 is 11.1 Å². The summed E-state index contributed by atoms with van der Waals surface area (Å²) in [7, 11) is 0. The summed E-state index contributed by atoms with van der Waals surface area (Å²) >= 11 is 2.28. The molecule has 82 valence electrons. The smallest absolute Gasteiger partial charge is 0.0576 e. The fourth-order valence-corrected chi connectivity index (χ4v) is 2.48. The maximum Gasteiger partial charge on any atom is 0.0576 e. The highest BCUT2D eigenvalue weighted by Crippen LogP contribution is 2.32. The minimum absolute atomic E-state index is 0.543. The van der Waals surface area contributed by atoms with Crippen LogP contribution in [0.15, 0.2) is 18.2 Å². The topological polar surface area (TPSA) is 38.0 Å². The largest absolute Gasteiger partial charge is 0.397 e. The minimum Gasteiger partial charge on any atom is -0.397 e. The molecular formula is C12H17IN2. The predicted molar refractivity (Wildman–Crippen MR) is 74.0 cm³/mol. The van der Waals surface area contributed by atoms with E-state index in [1.807, 2.05) is 6.07 Å². The second-order valence-corrected chi connectivity index (χ2v) is 5.60. The molecule has 1 aromatic carbocycles. The van der Waals surface area contributed by atoms with Crippen molar-refractivity contribution in [2.24, 2.45) is 5.92 Å². The van der Waals surface area contributed by atoms with E-state index in [1.165, 1.54) is 22.8 Å². The molecule has 2 nitrogen and oxygen atoms in total. The first kappa shape index (κ1) is 11.0. The van der Waals surface area contributed by atoms with Crippen LogP contribution >= 0.6 is 22.6 Å². The molecule has 1 fully saturated rings. The van der Waals surface area contributed by atoms with E-state index in [0.717, 1.165) is 17.3 Å². The normalized spacial score (nSPS) is 18.3. The van der Waals surface area contributed by atoms with Crippen LogP contribution in [0.5, 0.6) is 0 Å². The van der Waals surface area contributed by atoms with Gasteiger partial charge in [-0.3, -0.25) is 0 Å². The van der Waals surface area contributed by atoms with Gasteiger partial charge in [-0.25, -0.2) is 0 Å². The van der Waals surface area contributed by atoms with Crippen molar-refractivity contribution in [1.82, 2.24) is 0 Å². The van der Waals surface area contributed by atoms with Gasteiger partial charge in [-0.05, 0) is 66.5 Å². The Labute approximate surface area is 105 Å². The quantitative estimate of drug-likeness (QED) is 0.662. The molecule has 3 heteroatoms. The van der Waals surface area contributed by atoms with Crippen LogP contribution < -0.4 is 11.1 Å². The van der Waals surface area contributed by atoms with E-state index in [4.69, 9.17) is 5.73 Å². The molecule has 0 amide bonds. The van der Waals surface area contributed by atoms with Crippen molar-refractivity contribution in [2.75, 3.05) is 11.1 Å². The van der Waals surface area contributed by atoms with Gasteiger partial charge >= 0.3 is 0 Å². The number of nitrogens with two attached hydrogens (primary N) is 1. The Morgan fingerprint density at radius 2 is 2.20 bits per heavy atom. The number of halogens is 1. The zero-order valence-electron chi connectivity index (χ0n) is 8.96. The molecule has 1 aromatic rings. The average Bonchev–Trinajstić information content (AvgIpc) is 2.07. The SMILES string of the molecule is CC(Nc1ccc(I)cc1N)C1CCC1. The number of nitrogens with one attached hydrogen (secondary N) is 1. The molecule has 1 saturated carbocycles. The highest BCUT2D eigenvalue weighted by Gasteiger charge is 2.23. The maximum absolute atomic E-state index is 5.96. The summed E-state index contributed by atoms with van der Waals surface area (Å²) in [6.45, 7) is 2.25. The number of hydrogen-bond acceptors (Lipinski definition) is 2. The molecule has 3 N–H and O–H groups in total. The van der Waals surface area contributed by atoms with Crippen molar-refractivity contribution in [2.45, 2.75) is 32.2 Å². The van der Waals surface area contributed by atoms with E-state index in [9.17, 15) is 0 Å². The molecule has 0 aromatic heterocycles. The Kier molecular flexibility index (Phi) is 3.38. The third-order valence-electron chi connectivity index (χ3n) is 3.25. The summed E-state index contributed by atoms with van der Waals surface area (Å²) < 4.78 is 1.19. The van der Waals surface area contributed by atoms with Gasteiger partial charge in [0, 0.05) is 9.61 Å². The van der Waals surface area contributed by atoms with Crippen molar-refractivity contribution in [3.05, 3.63) is 21.8 Å². The maximum atomic E-state index is 5.96. The van der Waals surface area contributed by atoms with Gasteiger partial charge in [0.05, 0.1) is 11.4 Å². The van der Waals surface area contributed by atoms with Crippen LogP contribution in [0.3, 0.4) is 0 Å². The molecule has 1 unspecified atom stereocenters. The lowest BCUT2D eigenvalue weighted by molar-refractivity contribution is 0.285. The Morgan fingerprint density at radius 1 is 1.47 bits per heavy atom. The molecule has 1 atom stereocenters. The fourth-order valence-electron chi connectivity index (χ4n) is 1.97. The highest BCUT2D eigenvalue weighted by molar-refractivity contribution is 14.1. The zero-order valence-corrected chi connectivity index (χ0v) is 11.1. The van der Waals surface area contributed by atoms with Crippen molar-refractivity contribution < 1.29 is 0 Å². The lowest BCUT2D eigenvalue weighted by Crippen LogP contribution is -2.31. The summed E-state index contributed by atoms with van der Waals surface area (Å²) in [6, 6.07) is 6.72. The lowest BCUT2D eigenvalue weighted by atomic mass is 9.80. The van der Waals surface area contributed by atoms with Gasteiger partial charge in [0.25, 0.3) is 0 Å². The van der Waals surface area contributed by atoms with Crippen molar-refractivity contribution >= 4 is 34.0 Å². The predicted octanol–water partition coefficient (Wildman–Crippen LogP) is 3.47. The Balaban J connectivity index is 2.03. The van der Waals surface area contributed by atoms with E-state index in [-0.39, 0.29) is 0 Å². The second kappa shape index (κ2) is 4.60. The van der Waals surface area contributed by atoms with Crippen LogP contribution in [0.1, 0.15) is 26.2 Å². The molecule has 0 bridgehead atoms. The lowest BCUT2D eigenvalue weighted by Gasteiger charge is -2.32. The molecule has 0 saturated heterocycles.